The largest absolute Gasteiger partial charge is 0.466 e. The first-order chi connectivity index (χ1) is 9.45. The van der Waals surface area contributed by atoms with Gasteiger partial charge in [-0.25, -0.2) is 0 Å². The number of benzene rings is 1. The lowest BCUT2D eigenvalue weighted by Crippen LogP contribution is -2.24. The lowest BCUT2D eigenvalue weighted by Gasteiger charge is -2.25. The fourth-order valence-electron chi connectivity index (χ4n) is 1.91. The molecule has 0 radical (unpaired) electrons. The van der Waals surface area contributed by atoms with Crippen LogP contribution >= 0.6 is 0 Å². The van der Waals surface area contributed by atoms with E-state index in [0.717, 1.165) is 0 Å². The predicted octanol–water partition coefficient (Wildman–Crippen LogP) is 2.84. The van der Waals surface area contributed by atoms with Crippen molar-refractivity contribution in [3.05, 3.63) is 29.8 Å². The number of halogens is 2. The molecule has 112 valence electrons. The van der Waals surface area contributed by atoms with Crippen molar-refractivity contribution in [1.82, 2.24) is 4.90 Å². The molecule has 1 unspecified atom stereocenters. The summed E-state index contributed by atoms with van der Waals surface area (Å²) in [5.41, 5.74) is 0.533. The second-order valence-electron chi connectivity index (χ2n) is 4.40. The van der Waals surface area contributed by atoms with E-state index < -0.39 is 6.61 Å². The van der Waals surface area contributed by atoms with Gasteiger partial charge in [-0.1, -0.05) is 18.2 Å². The Morgan fingerprint density at radius 1 is 1.30 bits per heavy atom. The van der Waals surface area contributed by atoms with Crippen molar-refractivity contribution in [1.29, 1.82) is 0 Å². The molecule has 0 aliphatic heterocycles. The van der Waals surface area contributed by atoms with Crippen molar-refractivity contribution in [2.45, 2.75) is 26.0 Å². The topological polar surface area (TPSA) is 38.8 Å². The molecule has 1 rings (SSSR count). The zero-order valence-electron chi connectivity index (χ0n) is 11.8. The number of alkyl halides is 2. The van der Waals surface area contributed by atoms with Crippen LogP contribution in [0, 0.1) is 0 Å². The third-order valence-electron chi connectivity index (χ3n) is 2.78. The monoisotopic (exact) mass is 287 g/mol. The van der Waals surface area contributed by atoms with E-state index in [1.807, 2.05) is 0 Å². The van der Waals surface area contributed by atoms with Crippen LogP contribution in [0.4, 0.5) is 8.78 Å². The Kier molecular flexibility index (Phi) is 6.38. The average Bonchev–Trinajstić information content (AvgIpc) is 2.36. The van der Waals surface area contributed by atoms with Gasteiger partial charge in [-0.15, -0.1) is 0 Å². The van der Waals surface area contributed by atoms with Gasteiger partial charge in [-0.05, 0) is 27.1 Å². The Hall–Kier alpha value is -1.69. The molecule has 20 heavy (non-hydrogen) atoms. The van der Waals surface area contributed by atoms with Crippen LogP contribution in [0.25, 0.3) is 0 Å². The molecule has 0 fully saturated rings. The highest BCUT2D eigenvalue weighted by Gasteiger charge is 2.23. The third kappa shape index (κ3) is 4.77. The number of carbonyl (C=O) groups excluding carboxylic acids is 1. The summed E-state index contributed by atoms with van der Waals surface area (Å²) in [6.45, 7) is -0.897. The molecule has 0 aromatic heterocycles. The summed E-state index contributed by atoms with van der Waals surface area (Å²) in [5, 5.41) is 0. The number of hydrogen-bond acceptors (Lipinski definition) is 4. The van der Waals surface area contributed by atoms with E-state index in [0.29, 0.717) is 5.56 Å². The van der Waals surface area contributed by atoms with Crippen LogP contribution in [0.3, 0.4) is 0 Å². The van der Waals surface area contributed by atoms with Crippen LogP contribution in [0.2, 0.25) is 0 Å². The maximum absolute atomic E-state index is 12.4. The minimum absolute atomic E-state index is 0.0739. The molecule has 0 heterocycles. The number of hydrogen-bond donors (Lipinski definition) is 0. The Balaban J connectivity index is 2.99. The van der Waals surface area contributed by atoms with Gasteiger partial charge >= 0.3 is 12.6 Å². The van der Waals surface area contributed by atoms with Gasteiger partial charge < -0.3 is 14.4 Å². The molecular formula is C14H19F2NO3. The number of carbonyl (C=O) groups is 1. The van der Waals surface area contributed by atoms with E-state index in [-0.39, 0.29) is 30.8 Å². The van der Waals surface area contributed by atoms with Crippen molar-refractivity contribution in [2.24, 2.45) is 0 Å². The van der Waals surface area contributed by atoms with Gasteiger partial charge in [0.1, 0.15) is 5.75 Å². The summed E-state index contributed by atoms with van der Waals surface area (Å²) in [6, 6.07) is 6.07. The third-order valence-corrected chi connectivity index (χ3v) is 2.78. The minimum atomic E-state index is -2.90. The first-order valence-corrected chi connectivity index (χ1v) is 6.31. The summed E-state index contributed by atoms with van der Waals surface area (Å²) in [5.74, 6) is -0.302. The van der Waals surface area contributed by atoms with E-state index >= 15 is 0 Å². The molecule has 6 heteroatoms. The van der Waals surface area contributed by atoms with Crippen molar-refractivity contribution in [3.63, 3.8) is 0 Å². The van der Waals surface area contributed by atoms with Gasteiger partial charge in [-0.2, -0.15) is 8.78 Å². The molecule has 0 aliphatic carbocycles. The quantitative estimate of drug-likeness (QED) is 0.723. The van der Waals surface area contributed by atoms with Crippen molar-refractivity contribution < 1.29 is 23.0 Å². The summed E-state index contributed by atoms with van der Waals surface area (Å²) in [6.07, 6.45) is 0.0739. The molecule has 0 aliphatic rings. The van der Waals surface area contributed by atoms with Gasteiger partial charge in [0.25, 0.3) is 0 Å². The molecule has 1 aromatic rings. The number of ether oxygens (including phenoxy) is 2. The number of para-hydroxylation sites is 1. The fourth-order valence-corrected chi connectivity index (χ4v) is 1.91. The molecule has 4 nitrogen and oxygen atoms in total. The molecule has 0 spiro atoms. The van der Waals surface area contributed by atoms with E-state index in [4.69, 9.17) is 4.74 Å². The van der Waals surface area contributed by atoms with E-state index in [1.54, 1.807) is 44.1 Å². The van der Waals surface area contributed by atoms with Crippen LogP contribution in [-0.2, 0) is 9.53 Å². The number of rotatable bonds is 7. The van der Waals surface area contributed by atoms with Gasteiger partial charge in [0.05, 0.1) is 13.0 Å². The highest BCUT2D eigenvalue weighted by molar-refractivity contribution is 5.70. The summed E-state index contributed by atoms with van der Waals surface area (Å²) >= 11 is 0. The zero-order chi connectivity index (χ0) is 15.1. The first-order valence-electron chi connectivity index (χ1n) is 6.31. The average molecular weight is 287 g/mol. The zero-order valence-corrected chi connectivity index (χ0v) is 11.8. The molecule has 0 saturated carbocycles. The molecule has 0 amide bonds. The lowest BCUT2D eigenvalue weighted by atomic mass is 10.0. The maximum Gasteiger partial charge on any atom is 0.387 e. The molecule has 1 aromatic carbocycles. The SMILES string of the molecule is CCOC(=O)CC(c1ccccc1OC(F)F)N(C)C. The second-order valence-corrected chi connectivity index (χ2v) is 4.40. The van der Waals surface area contributed by atoms with Gasteiger partial charge in [0.15, 0.2) is 0 Å². The Morgan fingerprint density at radius 3 is 2.50 bits per heavy atom. The summed E-state index contributed by atoms with van der Waals surface area (Å²) in [7, 11) is 3.53. The second kappa shape index (κ2) is 7.79. The smallest absolute Gasteiger partial charge is 0.387 e. The van der Waals surface area contributed by atoms with Crippen LogP contribution in [0.1, 0.15) is 24.9 Å². The first kappa shape index (κ1) is 16.4. The molecular weight excluding hydrogens is 268 g/mol. The van der Waals surface area contributed by atoms with Crippen LogP contribution in [-0.4, -0.2) is 38.2 Å². The van der Waals surface area contributed by atoms with Crippen molar-refractivity contribution in [2.75, 3.05) is 20.7 Å². The number of esters is 1. The minimum Gasteiger partial charge on any atom is -0.466 e. The van der Waals surface area contributed by atoms with Crippen molar-refractivity contribution >= 4 is 5.97 Å². The maximum atomic E-state index is 12.4. The van der Waals surface area contributed by atoms with Gasteiger partial charge in [0, 0.05) is 11.6 Å². The lowest BCUT2D eigenvalue weighted by molar-refractivity contribution is -0.144. The van der Waals surface area contributed by atoms with E-state index in [1.165, 1.54) is 6.07 Å². The molecule has 0 bridgehead atoms. The van der Waals surface area contributed by atoms with Crippen LogP contribution < -0.4 is 4.74 Å². The standard InChI is InChI=1S/C14H19F2NO3/c1-4-19-13(18)9-11(17(2)3)10-7-5-6-8-12(10)20-14(15)16/h5-8,11,14H,4,9H2,1-3H3. The van der Waals surface area contributed by atoms with Gasteiger partial charge in [-0.3, -0.25) is 4.79 Å². The summed E-state index contributed by atoms with van der Waals surface area (Å²) in [4.78, 5) is 13.4. The fraction of sp³-hybridized carbons (Fsp3) is 0.500. The summed E-state index contributed by atoms with van der Waals surface area (Å²) < 4.78 is 34.3. The van der Waals surface area contributed by atoms with Crippen molar-refractivity contribution in [3.8, 4) is 5.75 Å². The molecule has 1 atom stereocenters. The Labute approximate surface area is 117 Å². The normalized spacial score (nSPS) is 12.6. The van der Waals surface area contributed by atoms with Crippen LogP contribution in [0.15, 0.2) is 24.3 Å². The number of nitrogens with zero attached hydrogens (tertiary/aromatic N) is 1. The van der Waals surface area contributed by atoms with E-state index in [9.17, 15) is 13.6 Å². The Bertz CT molecular complexity index is 438. The van der Waals surface area contributed by atoms with Crippen LogP contribution in [0.5, 0.6) is 5.75 Å². The highest BCUT2D eigenvalue weighted by Crippen LogP contribution is 2.31. The molecule has 0 saturated heterocycles. The molecule has 0 N–H and O–H groups in total. The van der Waals surface area contributed by atoms with Gasteiger partial charge in [0.2, 0.25) is 0 Å². The predicted molar refractivity (Wildman–Crippen MR) is 70.8 cm³/mol. The highest BCUT2D eigenvalue weighted by atomic mass is 19.3. The van der Waals surface area contributed by atoms with E-state index in [2.05, 4.69) is 4.74 Å². The Morgan fingerprint density at radius 2 is 1.95 bits per heavy atom.